The van der Waals surface area contributed by atoms with Gasteiger partial charge in [-0.05, 0) is 58.5 Å². The van der Waals surface area contributed by atoms with Crippen molar-refractivity contribution in [2.75, 3.05) is 0 Å². The van der Waals surface area contributed by atoms with Gasteiger partial charge >= 0.3 is 12.1 Å². The fraction of sp³-hybridized carbons (Fsp3) is 0.143. The molecule has 0 heterocycles. The average molecular weight is 511 g/mol. The van der Waals surface area contributed by atoms with Crippen LogP contribution in [0, 0.1) is 3.57 Å². The molecule has 0 aliphatic rings. The Bertz CT molecular complexity index is 715. The SMILES string of the molecule is FC(F)(F)C(F)(F)c1ccc(Br)cc1-c1cc(I)ccc1Cl. The maximum atomic E-state index is 13.8. The molecule has 0 aliphatic carbocycles. The maximum Gasteiger partial charge on any atom is 0.458 e. The van der Waals surface area contributed by atoms with E-state index in [0.717, 1.165) is 12.1 Å². The summed E-state index contributed by atoms with van der Waals surface area (Å²) in [6.45, 7) is 0. The molecule has 118 valence electrons. The smallest absolute Gasteiger partial charge is 0.191 e. The van der Waals surface area contributed by atoms with Crippen molar-refractivity contribution in [2.24, 2.45) is 0 Å². The Morgan fingerprint density at radius 2 is 1.55 bits per heavy atom. The Morgan fingerprint density at radius 3 is 2.14 bits per heavy atom. The molecule has 0 radical (unpaired) electrons. The third-order valence-corrected chi connectivity index (χ3v) is 4.39. The lowest BCUT2D eigenvalue weighted by Gasteiger charge is -2.23. The van der Waals surface area contributed by atoms with Gasteiger partial charge in [0.25, 0.3) is 0 Å². The van der Waals surface area contributed by atoms with Gasteiger partial charge in [-0.25, -0.2) is 0 Å². The van der Waals surface area contributed by atoms with Crippen LogP contribution in [0.3, 0.4) is 0 Å². The second-order valence-corrected chi connectivity index (χ2v) is 6.95. The van der Waals surface area contributed by atoms with E-state index in [1.54, 1.807) is 6.07 Å². The minimum Gasteiger partial charge on any atom is -0.191 e. The largest absolute Gasteiger partial charge is 0.458 e. The number of benzene rings is 2. The molecule has 0 fully saturated rings. The molecule has 0 bridgehead atoms. The number of hydrogen-bond acceptors (Lipinski definition) is 0. The molecule has 0 unspecified atom stereocenters. The summed E-state index contributed by atoms with van der Waals surface area (Å²) in [5.41, 5.74) is -1.28. The van der Waals surface area contributed by atoms with Gasteiger partial charge in [0.2, 0.25) is 0 Å². The van der Waals surface area contributed by atoms with Crippen LogP contribution in [0.5, 0.6) is 0 Å². The van der Waals surface area contributed by atoms with E-state index < -0.39 is 17.7 Å². The molecule has 22 heavy (non-hydrogen) atoms. The molecule has 0 N–H and O–H groups in total. The maximum absolute atomic E-state index is 13.8. The molecule has 0 aromatic heterocycles. The first-order valence-electron chi connectivity index (χ1n) is 5.74. The van der Waals surface area contributed by atoms with Crippen LogP contribution >= 0.6 is 50.1 Å². The second-order valence-electron chi connectivity index (χ2n) is 4.39. The molecular formula is C14H6BrClF5I. The van der Waals surface area contributed by atoms with Crippen molar-refractivity contribution < 1.29 is 22.0 Å². The van der Waals surface area contributed by atoms with Crippen LogP contribution in [0.4, 0.5) is 22.0 Å². The summed E-state index contributed by atoms with van der Waals surface area (Å²) in [6, 6.07) is 7.64. The first-order valence-corrected chi connectivity index (χ1v) is 7.99. The lowest BCUT2D eigenvalue weighted by atomic mass is 9.95. The zero-order valence-electron chi connectivity index (χ0n) is 10.5. The first kappa shape index (κ1) is 17.9. The molecule has 0 saturated carbocycles. The van der Waals surface area contributed by atoms with Gasteiger partial charge in [-0.1, -0.05) is 33.6 Å². The summed E-state index contributed by atoms with van der Waals surface area (Å²) in [6.07, 6.45) is -5.69. The van der Waals surface area contributed by atoms with Gasteiger partial charge in [-0.2, -0.15) is 22.0 Å². The van der Waals surface area contributed by atoms with E-state index in [1.165, 1.54) is 18.2 Å². The van der Waals surface area contributed by atoms with Crippen LogP contribution in [0.15, 0.2) is 40.9 Å². The van der Waals surface area contributed by atoms with Crippen LogP contribution in [-0.2, 0) is 5.92 Å². The zero-order valence-corrected chi connectivity index (χ0v) is 15.0. The van der Waals surface area contributed by atoms with Crippen LogP contribution in [0.1, 0.15) is 5.56 Å². The van der Waals surface area contributed by atoms with Gasteiger partial charge in [0, 0.05) is 24.2 Å². The van der Waals surface area contributed by atoms with Crippen LogP contribution < -0.4 is 0 Å². The van der Waals surface area contributed by atoms with Crippen molar-refractivity contribution >= 4 is 50.1 Å². The molecule has 2 aromatic carbocycles. The number of halogens is 8. The van der Waals surface area contributed by atoms with Crippen molar-refractivity contribution in [3.05, 3.63) is 55.0 Å². The van der Waals surface area contributed by atoms with E-state index >= 15 is 0 Å². The molecule has 0 saturated heterocycles. The summed E-state index contributed by atoms with van der Waals surface area (Å²) < 4.78 is 66.7. The van der Waals surface area contributed by atoms with Gasteiger partial charge < -0.3 is 0 Å². The Balaban J connectivity index is 2.77. The standard InChI is InChI=1S/C14H6BrClF5I/c15-7-1-3-11(13(17,18)14(19,20)21)9(5-7)10-6-8(22)2-4-12(10)16/h1-6H. The second kappa shape index (κ2) is 6.24. The van der Waals surface area contributed by atoms with Crippen molar-refractivity contribution in [3.63, 3.8) is 0 Å². The molecule has 2 aromatic rings. The van der Waals surface area contributed by atoms with Crippen LogP contribution in [0.25, 0.3) is 11.1 Å². The lowest BCUT2D eigenvalue weighted by Crippen LogP contribution is -2.34. The van der Waals surface area contributed by atoms with Gasteiger partial charge in [0.1, 0.15) is 0 Å². The summed E-state index contributed by atoms with van der Waals surface area (Å²) in [5.74, 6) is -4.98. The first-order chi connectivity index (χ1) is 10.0. The highest BCUT2D eigenvalue weighted by Crippen LogP contribution is 2.48. The van der Waals surface area contributed by atoms with Gasteiger partial charge in [0.05, 0.1) is 0 Å². The molecule has 2 rings (SSSR count). The minimum atomic E-state index is -5.69. The predicted octanol–water partition coefficient (Wildman–Crippen LogP) is 7.03. The number of alkyl halides is 5. The highest BCUT2D eigenvalue weighted by Gasteiger charge is 2.59. The summed E-state index contributed by atoms with van der Waals surface area (Å²) in [5, 5.41) is 0.0951. The topological polar surface area (TPSA) is 0 Å². The summed E-state index contributed by atoms with van der Waals surface area (Å²) in [4.78, 5) is 0. The highest BCUT2D eigenvalue weighted by molar-refractivity contribution is 14.1. The van der Waals surface area contributed by atoms with E-state index in [0.29, 0.717) is 8.04 Å². The van der Waals surface area contributed by atoms with Gasteiger partial charge in [0.15, 0.2) is 0 Å². The quantitative estimate of drug-likeness (QED) is 0.300. The predicted molar refractivity (Wildman–Crippen MR) is 87.3 cm³/mol. The van der Waals surface area contributed by atoms with Crippen LogP contribution in [0.2, 0.25) is 5.02 Å². The van der Waals surface area contributed by atoms with E-state index in [9.17, 15) is 22.0 Å². The van der Waals surface area contributed by atoms with Crippen molar-refractivity contribution in [1.82, 2.24) is 0 Å². The van der Waals surface area contributed by atoms with Gasteiger partial charge in [-0.15, -0.1) is 0 Å². The Kier molecular flexibility index (Phi) is 5.09. The molecule has 0 atom stereocenters. The minimum absolute atomic E-state index is 0.0951. The molecule has 0 nitrogen and oxygen atoms in total. The molecule has 0 amide bonds. The van der Waals surface area contributed by atoms with E-state index in [-0.39, 0.29) is 16.1 Å². The monoisotopic (exact) mass is 510 g/mol. The van der Waals surface area contributed by atoms with Gasteiger partial charge in [-0.3, -0.25) is 0 Å². The Hall–Kier alpha value is -0.410. The third kappa shape index (κ3) is 3.41. The lowest BCUT2D eigenvalue weighted by molar-refractivity contribution is -0.289. The normalized spacial score (nSPS) is 12.5. The zero-order chi connectivity index (χ0) is 16.7. The molecular weight excluding hydrogens is 505 g/mol. The molecule has 0 aliphatic heterocycles. The van der Waals surface area contributed by atoms with E-state index in [1.807, 2.05) is 22.6 Å². The fourth-order valence-corrected chi connectivity index (χ4v) is 2.94. The highest BCUT2D eigenvalue weighted by atomic mass is 127. The average Bonchev–Trinajstić information content (AvgIpc) is 2.40. The van der Waals surface area contributed by atoms with Crippen LogP contribution in [-0.4, -0.2) is 6.18 Å². The van der Waals surface area contributed by atoms with Crippen molar-refractivity contribution in [3.8, 4) is 11.1 Å². The molecule has 0 spiro atoms. The van der Waals surface area contributed by atoms with Crippen molar-refractivity contribution in [1.29, 1.82) is 0 Å². The third-order valence-electron chi connectivity index (χ3n) is 2.89. The van der Waals surface area contributed by atoms with Crippen molar-refractivity contribution in [2.45, 2.75) is 12.1 Å². The van der Waals surface area contributed by atoms with E-state index in [4.69, 9.17) is 11.6 Å². The fourth-order valence-electron chi connectivity index (χ4n) is 1.87. The molecule has 8 heteroatoms. The van der Waals surface area contributed by atoms with E-state index in [2.05, 4.69) is 15.9 Å². The number of rotatable bonds is 2. The summed E-state index contributed by atoms with van der Waals surface area (Å²) >= 11 is 11.0. The number of hydrogen-bond donors (Lipinski definition) is 0. The summed E-state index contributed by atoms with van der Waals surface area (Å²) in [7, 11) is 0. The Morgan fingerprint density at radius 1 is 0.909 bits per heavy atom. The Labute approximate surface area is 149 Å².